The minimum absolute atomic E-state index is 0.0114. The molecule has 2 aromatic carbocycles. The van der Waals surface area contributed by atoms with Crippen molar-refractivity contribution in [1.82, 2.24) is 0 Å². The molecule has 0 aromatic heterocycles. The van der Waals surface area contributed by atoms with Crippen LogP contribution >= 0.6 is 0 Å². The van der Waals surface area contributed by atoms with E-state index in [1.165, 1.54) is 7.11 Å². The van der Waals surface area contributed by atoms with Crippen molar-refractivity contribution in [2.45, 2.75) is 0 Å². The van der Waals surface area contributed by atoms with Crippen LogP contribution in [0, 0.1) is 17.5 Å². The number of halogens is 3. The minimum atomic E-state index is -1.09. The van der Waals surface area contributed by atoms with Crippen molar-refractivity contribution in [1.29, 1.82) is 0 Å². The van der Waals surface area contributed by atoms with Crippen LogP contribution in [0.3, 0.4) is 0 Å². The van der Waals surface area contributed by atoms with E-state index >= 15 is 0 Å². The highest BCUT2D eigenvalue weighted by molar-refractivity contribution is 6.09. The quantitative estimate of drug-likeness (QED) is 0.695. The zero-order valence-corrected chi connectivity index (χ0v) is 10.4. The van der Waals surface area contributed by atoms with Gasteiger partial charge >= 0.3 is 0 Å². The van der Waals surface area contributed by atoms with Gasteiger partial charge in [-0.05, 0) is 18.2 Å². The molecular formula is C14H10F3NO2. The Morgan fingerprint density at radius 3 is 2.15 bits per heavy atom. The van der Waals surface area contributed by atoms with Crippen LogP contribution in [0.5, 0.6) is 5.75 Å². The summed E-state index contributed by atoms with van der Waals surface area (Å²) >= 11 is 0. The molecule has 0 unspecified atom stereocenters. The number of nitrogens with two attached hydrogens (primary N) is 1. The molecule has 2 rings (SSSR count). The Morgan fingerprint density at radius 2 is 1.65 bits per heavy atom. The fourth-order valence-electron chi connectivity index (χ4n) is 1.77. The van der Waals surface area contributed by atoms with E-state index in [2.05, 4.69) is 4.74 Å². The Hall–Kier alpha value is -2.50. The van der Waals surface area contributed by atoms with Crippen LogP contribution < -0.4 is 10.5 Å². The summed E-state index contributed by atoms with van der Waals surface area (Å²) in [5.41, 5.74) is 4.37. The van der Waals surface area contributed by atoms with Gasteiger partial charge in [0.1, 0.15) is 23.2 Å². The summed E-state index contributed by atoms with van der Waals surface area (Å²) in [6.45, 7) is 0. The lowest BCUT2D eigenvalue weighted by Crippen LogP contribution is -2.09. The SMILES string of the molecule is COc1cc(F)c(C(=O)c2cc(N)cc(F)c2)c(F)c1. The van der Waals surface area contributed by atoms with Gasteiger partial charge < -0.3 is 10.5 Å². The van der Waals surface area contributed by atoms with E-state index < -0.39 is 28.8 Å². The van der Waals surface area contributed by atoms with Crippen LogP contribution in [0.4, 0.5) is 18.9 Å². The standard InChI is InChI=1S/C14H10F3NO2/c1-20-10-5-11(16)13(12(17)6-10)14(19)7-2-8(15)4-9(18)3-7/h2-6H,18H2,1H3. The van der Waals surface area contributed by atoms with Crippen LogP contribution in [-0.4, -0.2) is 12.9 Å². The highest BCUT2D eigenvalue weighted by atomic mass is 19.1. The second kappa shape index (κ2) is 5.24. The molecule has 0 saturated carbocycles. The molecule has 6 heteroatoms. The van der Waals surface area contributed by atoms with Gasteiger partial charge in [-0.15, -0.1) is 0 Å². The first kappa shape index (κ1) is 13.9. The lowest BCUT2D eigenvalue weighted by molar-refractivity contribution is 0.103. The first-order valence-corrected chi connectivity index (χ1v) is 5.56. The number of anilines is 1. The Morgan fingerprint density at radius 1 is 1.05 bits per heavy atom. The summed E-state index contributed by atoms with van der Waals surface area (Å²) in [5.74, 6) is -3.99. The van der Waals surface area contributed by atoms with Gasteiger partial charge in [0.2, 0.25) is 0 Å². The maximum atomic E-state index is 13.8. The normalized spacial score (nSPS) is 10.4. The Kier molecular flexibility index (Phi) is 3.65. The van der Waals surface area contributed by atoms with Gasteiger partial charge in [-0.25, -0.2) is 13.2 Å². The van der Waals surface area contributed by atoms with Gasteiger partial charge in [-0.3, -0.25) is 4.79 Å². The molecule has 0 heterocycles. The molecule has 2 aromatic rings. The molecule has 0 fully saturated rings. The third-order valence-corrected chi connectivity index (χ3v) is 2.66. The molecule has 0 atom stereocenters. The molecule has 104 valence electrons. The summed E-state index contributed by atoms with van der Waals surface area (Å²) in [5, 5.41) is 0. The van der Waals surface area contributed by atoms with Gasteiger partial charge in [-0.1, -0.05) is 0 Å². The maximum Gasteiger partial charge on any atom is 0.199 e. The van der Waals surface area contributed by atoms with Crippen molar-refractivity contribution in [3.63, 3.8) is 0 Å². The first-order chi connectivity index (χ1) is 9.42. The average Bonchev–Trinajstić information content (AvgIpc) is 2.36. The second-order valence-corrected chi connectivity index (χ2v) is 4.07. The predicted molar refractivity (Wildman–Crippen MR) is 67.2 cm³/mol. The molecule has 0 aliphatic heterocycles. The van der Waals surface area contributed by atoms with Crippen molar-refractivity contribution in [3.8, 4) is 5.75 Å². The largest absolute Gasteiger partial charge is 0.497 e. The number of nitrogen functional groups attached to an aromatic ring is 1. The van der Waals surface area contributed by atoms with Crippen LogP contribution in [-0.2, 0) is 0 Å². The molecule has 0 saturated heterocycles. The fraction of sp³-hybridized carbons (Fsp3) is 0.0714. The number of benzene rings is 2. The molecule has 3 nitrogen and oxygen atoms in total. The lowest BCUT2D eigenvalue weighted by Gasteiger charge is -2.07. The molecule has 20 heavy (non-hydrogen) atoms. The first-order valence-electron chi connectivity index (χ1n) is 5.56. The van der Waals surface area contributed by atoms with Crippen LogP contribution in [0.15, 0.2) is 30.3 Å². The molecule has 0 spiro atoms. The molecule has 0 aliphatic carbocycles. The Labute approximate surface area is 112 Å². The van der Waals surface area contributed by atoms with Crippen LogP contribution in [0.25, 0.3) is 0 Å². The number of carbonyl (C=O) groups is 1. The minimum Gasteiger partial charge on any atom is -0.497 e. The average molecular weight is 281 g/mol. The molecule has 0 bridgehead atoms. The second-order valence-electron chi connectivity index (χ2n) is 4.07. The Bertz CT molecular complexity index is 643. The molecule has 0 radical (unpaired) electrons. The summed E-state index contributed by atoms with van der Waals surface area (Å²) in [6.07, 6.45) is 0. The van der Waals surface area contributed by atoms with E-state index in [4.69, 9.17) is 5.73 Å². The van der Waals surface area contributed by atoms with Crippen molar-refractivity contribution in [3.05, 3.63) is 58.9 Å². The molecular weight excluding hydrogens is 271 g/mol. The summed E-state index contributed by atoms with van der Waals surface area (Å²) in [4.78, 5) is 12.0. The summed E-state index contributed by atoms with van der Waals surface area (Å²) in [6, 6.07) is 4.76. The van der Waals surface area contributed by atoms with E-state index in [1.54, 1.807) is 0 Å². The van der Waals surface area contributed by atoms with Gasteiger partial charge in [0.15, 0.2) is 5.78 Å². The smallest absolute Gasteiger partial charge is 0.199 e. The van der Waals surface area contributed by atoms with Crippen molar-refractivity contribution < 1.29 is 22.7 Å². The van der Waals surface area contributed by atoms with Crippen LogP contribution in [0.1, 0.15) is 15.9 Å². The van der Waals surface area contributed by atoms with Gasteiger partial charge in [0.25, 0.3) is 0 Å². The zero-order valence-electron chi connectivity index (χ0n) is 10.4. The van der Waals surface area contributed by atoms with Gasteiger partial charge in [0, 0.05) is 23.4 Å². The monoisotopic (exact) mass is 281 g/mol. The number of hydrogen-bond donors (Lipinski definition) is 1. The summed E-state index contributed by atoms with van der Waals surface area (Å²) < 4.78 is 45.4. The van der Waals surface area contributed by atoms with Crippen molar-refractivity contribution >= 4 is 11.5 Å². The maximum absolute atomic E-state index is 13.8. The van der Waals surface area contributed by atoms with E-state index in [0.717, 1.165) is 30.3 Å². The number of rotatable bonds is 3. The molecule has 2 N–H and O–H groups in total. The van der Waals surface area contributed by atoms with E-state index in [0.29, 0.717) is 0 Å². The topological polar surface area (TPSA) is 52.3 Å². The Balaban J connectivity index is 2.53. The molecule has 0 amide bonds. The van der Waals surface area contributed by atoms with Crippen molar-refractivity contribution in [2.75, 3.05) is 12.8 Å². The molecule has 0 aliphatic rings. The zero-order chi connectivity index (χ0) is 14.9. The number of methoxy groups -OCH3 is 1. The van der Waals surface area contributed by atoms with Gasteiger partial charge in [0.05, 0.1) is 12.7 Å². The third-order valence-electron chi connectivity index (χ3n) is 2.66. The highest BCUT2D eigenvalue weighted by Crippen LogP contribution is 2.24. The van der Waals surface area contributed by atoms with Crippen molar-refractivity contribution in [2.24, 2.45) is 0 Å². The number of carbonyl (C=O) groups excluding carboxylic acids is 1. The van der Waals surface area contributed by atoms with Gasteiger partial charge in [-0.2, -0.15) is 0 Å². The van der Waals surface area contributed by atoms with E-state index in [1.807, 2.05) is 0 Å². The van der Waals surface area contributed by atoms with E-state index in [9.17, 15) is 18.0 Å². The number of ketones is 1. The summed E-state index contributed by atoms with van der Waals surface area (Å²) in [7, 11) is 1.24. The highest BCUT2D eigenvalue weighted by Gasteiger charge is 2.21. The van der Waals surface area contributed by atoms with Crippen LogP contribution in [0.2, 0.25) is 0 Å². The third kappa shape index (κ3) is 2.59. The fourth-order valence-corrected chi connectivity index (χ4v) is 1.77. The van der Waals surface area contributed by atoms with E-state index in [-0.39, 0.29) is 17.0 Å². The number of hydrogen-bond acceptors (Lipinski definition) is 3. The number of ether oxygens (including phenoxy) is 1. The predicted octanol–water partition coefficient (Wildman–Crippen LogP) is 2.93. The lowest BCUT2D eigenvalue weighted by atomic mass is 10.0.